The number of hydrogen-bond donors (Lipinski definition) is 1. The van der Waals surface area contributed by atoms with Crippen LogP contribution in [0.1, 0.15) is 36.8 Å². The number of halogens is 1. The summed E-state index contributed by atoms with van der Waals surface area (Å²) in [6.07, 6.45) is 2.81. The second kappa shape index (κ2) is 5.33. The largest absolute Gasteiger partial charge is 0.339 e. The minimum absolute atomic E-state index is 0.0616. The van der Waals surface area contributed by atoms with Gasteiger partial charge in [-0.25, -0.2) is 0 Å². The Bertz CT molecular complexity index is 441. The number of hydrogen-bond acceptors (Lipinski definition) is 2. The van der Waals surface area contributed by atoms with Crippen LogP contribution in [0.4, 0.5) is 0 Å². The van der Waals surface area contributed by atoms with Crippen LogP contribution in [0, 0.1) is 5.92 Å². The van der Waals surface area contributed by atoms with E-state index in [1.54, 1.807) is 6.07 Å². The number of nitrogens with two attached hydrogens (primary N) is 1. The fraction of sp³-hybridized carbons (Fsp3) is 0.615. The SMILES string of the molecule is CC(C)n1cc(Cl)cc1C(=O)N1CCC(CN)C1. The average Bonchev–Trinajstić information content (AvgIpc) is 2.94. The summed E-state index contributed by atoms with van der Waals surface area (Å²) >= 11 is 6.00. The van der Waals surface area contributed by atoms with Crippen molar-refractivity contribution in [1.29, 1.82) is 0 Å². The van der Waals surface area contributed by atoms with Gasteiger partial charge in [-0.15, -0.1) is 0 Å². The standard InChI is InChI=1S/C13H20ClN3O/c1-9(2)17-8-11(14)5-12(17)13(18)16-4-3-10(6-15)7-16/h5,8-10H,3-4,6-7,15H2,1-2H3. The molecule has 1 saturated heterocycles. The minimum atomic E-state index is 0.0616. The van der Waals surface area contributed by atoms with E-state index in [0.29, 0.717) is 23.2 Å². The van der Waals surface area contributed by atoms with Gasteiger partial charge in [0, 0.05) is 25.3 Å². The normalized spacial score (nSPS) is 19.8. The third-order valence-electron chi connectivity index (χ3n) is 3.50. The molecule has 0 aliphatic carbocycles. The van der Waals surface area contributed by atoms with Gasteiger partial charge in [0.1, 0.15) is 5.69 Å². The molecule has 0 aromatic carbocycles. The molecule has 1 aromatic heterocycles. The summed E-state index contributed by atoms with van der Waals surface area (Å²) in [5.74, 6) is 0.499. The summed E-state index contributed by atoms with van der Waals surface area (Å²) in [6, 6.07) is 1.98. The molecule has 1 unspecified atom stereocenters. The first-order valence-corrected chi connectivity index (χ1v) is 6.77. The van der Waals surface area contributed by atoms with Gasteiger partial charge in [0.05, 0.1) is 5.02 Å². The number of aromatic nitrogens is 1. The molecule has 4 nitrogen and oxygen atoms in total. The second-order valence-corrected chi connectivity index (χ2v) is 5.62. The molecule has 100 valence electrons. The summed E-state index contributed by atoms with van der Waals surface area (Å²) in [5, 5.41) is 0.613. The zero-order valence-electron chi connectivity index (χ0n) is 10.9. The second-order valence-electron chi connectivity index (χ2n) is 5.19. The van der Waals surface area contributed by atoms with E-state index >= 15 is 0 Å². The van der Waals surface area contributed by atoms with Crippen LogP contribution in [0.15, 0.2) is 12.3 Å². The van der Waals surface area contributed by atoms with Crippen LogP contribution in [0.5, 0.6) is 0 Å². The molecule has 0 radical (unpaired) electrons. The molecule has 2 rings (SSSR count). The molecule has 2 heterocycles. The Morgan fingerprint density at radius 3 is 2.89 bits per heavy atom. The Hall–Kier alpha value is -1.00. The van der Waals surface area contributed by atoms with E-state index in [-0.39, 0.29) is 11.9 Å². The van der Waals surface area contributed by atoms with Crippen molar-refractivity contribution >= 4 is 17.5 Å². The highest BCUT2D eigenvalue weighted by molar-refractivity contribution is 6.31. The van der Waals surface area contributed by atoms with Crippen molar-refractivity contribution < 1.29 is 4.79 Å². The fourth-order valence-electron chi connectivity index (χ4n) is 2.42. The first kappa shape index (κ1) is 13.4. The van der Waals surface area contributed by atoms with Crippen molar-refractivity contribution in [2.75, 3.05) is 19.6 Å². The molecular weight excluding hydrogens is 250 g/mol. The number of likely N-dealkylation sites (tertiary alicyclic amines) is 1. The van der Waals surface area contributed by atoms with Gasteiger partial charge in [-0.3, -0.25) is 4.79 Å². The summed E-state index contributed by atoms with van der Waals surface area (Å²) < 4.78 is 1.93. The Morgan fingerprint density at radius 2 is 2.33 bits per heavy atom. The fourth-order valence-corrected chi connectivity index (χ4v) is 2.62. The smallest absolute Gasteiger partial charge is 0.270 e. The molecule has 1 atom stereocenters. The quantitative estimate of drug-likeness (QED) is 0.914. The predicted molar refractivity (Wildman–Crippen MR) is 72.9 cm³/mol. The van der Waals surface area contributed by atoms with Crippen LogP contribution < -0.4 is 5.73 Å². The van der Waals surface area contributed by atoms with Gasteiger partial charge in [-0.05, 0) is 38.8 Å². The van der Waals surface area contributed by atoms with Crippen LogP contribution >= 0.6 is 11.6 Å². The highest BCUT2D eigenvalue weighted by atomic mass is 35.5. The lowest BCUT2D eigenvalue weighted by Gasteiger charge is -2.19. The highest BCUT2D eigenvalue weighted by Crippen LogP contribution is 2.23. The van der Waals surface area contributed by atoms with Gasteiger partial charge in [0.25, 0.3) is 5.91 Å². The van der Waals surface area contributed by atoms with Crippen molar-refractivity contribution in [3.63, 3.8) is 0 Å². The highest BCUT2D eigenvalue weighted by Gasteiger charge is 2.28. The molecule has 2 N–H and O–H groups in total. The molecular formula is C13H20ClN3O. The lowest BCUT2D eigenvalue weighted by atomic mass is 10.1. The average molecular weight is 270 g/mol. The summed E-state index contributed by atoms with van der Waals surface area (Å²) in [7, 11) is 0. The van der Waals surface area contributed by atoms with Gasteiger partial charge in [-0.2, -0.15) is 0 Å². The van der Waals surface area contributed by atoms with Gasteiger partial charge in [-0.1, -0.05) is 11.6 Å². The van der Waals surface area contributed by atoms with E-state index in [1.807, 2.05) is 29.5 Å². The van der Waals surface area contributed by atoms with Gasteiger partial charge >= 0.3 is 0 Å². The lowest BCUT2D eigenvalue weighted by Crippen LogP contribution is -2.31. The minimum Gasteiger partial charge on any atom is -0.339 e. The molecule has 0 saturated carbocycles. The van der Waals surface area contributed by atoms with Gasteiger partial charge in [0.15, 0.2) is 0 Å². The molecule has 1 aliphatic heterocycles. The molecule has 1 aliphatic rings. The maximum atomic E-state index is 12.5. The topological polar surface area (TPSA) is 51.3 Å². The van der Waals surface area contributed by atoms with Crippen LogP contribution in [0.25, 0.3) is 0 Å². The molecule has 0 spiro atoms. The summed E-state index contributed by atoms with van der Waals surface area (Å²) in [4.78, 5) is 14.3. The zero-order chi connectivity index (χ0) is 13.3. The first-order chi connectivity index (χ1) is 8.52. The lowest BCUT2D eigenvalue weighted by molar-refractivity contribution is 0.0775. The zero-order valence-corrected chi connectivity index (χ0v) is 11.7. The number of rotatable bonds is 3. The van der Waals surface area contributed by atoms with Crippen molar-refractivity contribution in [1.82, 2.24) is 9.47 Å². The van der Waals surface area contributed by atoms with Gasteiger partial charge < -0.3 is 15.2 Å². The van der Waals surface area contributed by atoms with Crippen LogP contribution in [0.3, 0.4) is 0 Å². The van der Waals surface area contributed by atoms with E-state index in [2.05, 4.69) is 0 Å². The van der Waals surface area contributed by atoms with E-state index in [0.717, 1.165) is 19.5 Å². The van der Waals surface area contributed by atoms with Crippen LogP contribution in [-0.2, 0) is 0 Å². The van der Waals surface area contributed by atoms with Crippen LogP contribution in [0.2, 0.25) is 5.02 Å². The number of carbonyl (C=O) groups is 1. The molecule has 1 aromatic rings. The van der Waals surface area contributed by atoms with E-state index in [9.17, 15) is 4.79 Å². The number of amides is 1. The Balaban J connectivity index is 2.19. The summed E-state index contributed by atoms with van der Waals surface area (Å²) in [5.41, 5.74) is 6.33. The Labute approximate surface area is 113 Å². The van der Waals surface area contributed by atoms with Crippen molar-refractivity contribution in [3.05, 3.63) is 23.0 Å². The van der Waals surface area contributed by atoms with Gasteiger partial charge in [0.2, 0.25) is 0 Å². The molecule has 1 amide bonds. The first-order valence-electron chi connectivity index (χ1n) is 6.39. The van der Waals surface area contributed by atoms with E-state index < -0.39 is 0 Å². The maximum absolute atomic E-state index is 12.5. The maximum Gasteiger partial charge on any atom is 0.270 e. The van der Waals surface area contributed by atoms with E-state index in [1.165, 1.54) is 0 Å². The monoisotopic (exact) mass is 269 g/mol. The number of carbonyl (C=O) groups excluding carboxylic acids is 1. The molecule has 1 fully saturated rings. The van der Waals surface area contributed by atoms with Crippen molar-refractivity contribution in [2.24, 2.45) is 11.7 Å². The summed E-state index contributed by atoms with van der Waals surface area (Å²) in [6.45, 7) is 6.28. The Morgan fingerprint density at radius 1 is 1.61 bits per heavy atom. The Kier molecular flexibility index (Phi) is 3.97. The van der Waals surface area contributed by atoms with Crippen molar-refractivity contribution in [3.8, 4) is 0 Å². The van der Waals surface area contributed by atoms with E-state index in [4.69, 9.17) is 17.3 Å². The molecule has 5 heteroatoms. The molecule has 18 heavy (non-hydrogen) atoms. The number of nitrogens with zero attached hydrogens (tertiary/aromatic N) is 2. The third-order valence-corrected chi connectivity index (χ3v) is 3.70. The molecule has 0 bridgehead atoms. The predicted octanol–water partition coefficient (Wildman–Crippen LogP) is 2.14. The van der Waals surface area contributed by atoms with Crippen molar-refractivity contribution in [2.45, 2.75) is 26.3 Å². The third kappa shape index (κ3) is 2.54. The van der Waals surface area contributed by atoms with Crippen LogP contribution in [-0.4, -0.2) is 35.0 Å².